The number of halogens is 1. The fourth-order valence-corrected chi connectivity index (χ4v) is 1.75. The van der Waals surface area contributed by atoms with Gasteiger partial charge in [-0.25, -0.2) is 4.39 Å². The van der Waals surface area contributed by atoms with Crippen molar-refractivity contribution in [2.75, 3.05) is 26.8 Å². The third kappa shape index (κ3) is 3.29. The SMILES string of the molecule is CC.CN1CCOCC1c1cccc(F)c1. The molecular weight excluding hydrogens is 205 g/mol. The standard InChI is InChI=1S/C11H14FNO.C2H6/c1-13-5-6-14-8-11(13)9-3-2-4-10(12)7-9;1-2/h2-4,7,11H,5-6,8H2,1H3;1-2H3. The molecule has 0 aromatic heterocycles. The predicted octanol–water partition coefficient (Wildman–Crippen LogP) is 2.86. The Bertz CT molecular complexity index is 317. The van der Waals surface area contributed by atoms with Crippen molar-refractivity contribution in [3.63, 3.8) is 0 Å². The highest BCUT2D eigenvalue weighted by molar-refractivity contribution is 5.20. The number of hydrogen-bond acceptors (Lipinski definition) is 2. The summed E-state index contributed by atoms with van der Waals surface area (Å²) in [5, 5.41) is 0. The number of nitrogens with zero attached hydrogens (tertiary/aromatic N) is 1. The van der Waals surface area contributed by atoms with Crippen LogP contribution in [0.15, 0.2) is 24.3 Å². The molecule has 1 fully saturated rings. The van der Waals surface area contributed by atoms with Gasteiger partial charge in [0.05, 0.1) is 19.3 Å². The molecule has 0 amide bonds. The molecule has 0 spiro atoms. The molecule has 1 aromatic rings. The molecule has 1 heterocycles. The minimum Gasteiger partial charge on any atom is -0.378 e. The number of benzene rings is 1. The zero-order valence-corrected chi connectivity index (χ0v) is 10.2. The first-order chi connectivity index (χ1) is 7.77. The van der Waals surface area contributed by atoms with Crippen molar-refractivity contribution in [3.05, 3.63) is 35.6 Å². The molecule has 2 rings (SSSR count). The van der Waals surface area contributed by atoms with E-state index in [9.17, 15) is 4.39 Å². The van der Waals surface area contributed by atoms with Crippen molar-refractivity contribution in [2.24, 2.45) is 0 Å². The van der Waals surface area contributed by atoms with Crippen molar-refractivity contribution >= 4 is 0 Å². The summed E-state index contributed by atoms with van der Waals surface area (Å²) < 4.78 is 18.4. The normalized spacial score (nSPS) is 21.1. The van der Waals surface area contributed by atoms with Crippen molar-refractivity contribution in [1.29, 1.82) is 0 Å². The average molecular weight is 225 g/mol. The van der Waals surface area contributed by atoms with Crippen LogP contribution in [0.1, 0.15) is 25.5 Å². The predicted molar refractivity (Wildman–Crippen MR) is 63.9 cm³/mol. The molecule has 0 N–H and O–H groups in total. The van der Waals surface area contributed by atoms with Gasteiger partial charge in [-0.15, -0.1) is 0 Å². The number of hydrogen-bond donors (Lipinski definition) is 0. The fraction of sp³-hybridized carbons (Fsp3) is 0.538. The van der Waals surface area contributed by atoms with Gasteiger partial charge in [0.15, 0.2) is 0 Å². The van der Waals surface area contributed by atoms with Gasteiger partial charge < -0.3 is 4.74 Å². The van der Waals surface area contributed by atoms with Gasteiger partial charge in [0.1, 0.15) is 5.82 Å². The molecule has 0 bridgehead atoms. The van der Waals surface area contributed by atoms with E-state index in [0.29, 0.717) is 6.61 Å². The first-order valence-electron chi connectivity index (χ1n) is 5.81. The van der Waals surface area contributed by atoms with Gasteiger partial charge in [0.25, 0.3) is 0 Å². The fourth-order valence-electron chi connectivity index (χ4n) is 1.75. The highest BCUT2D eigenvalue weighted by Gasteiger charge is 2.21. The summed E-state index contributed by atoms with van der Waals surface area (Å²) in [4.78, 5) is 2.19. The van der Waals surface area contributed by atoms with Crippen LogP contribution in [-0.4, -0.2) is 31.7 Å². The number of rotatable bonds is 1. The van der Waals surface area contributed by atoms with E-state index in [2.05, 4.69) is 4.90 Å². The second kappa shape index (κ2) is 6.61. The lowest BCUT2D eigenvalue weighted by molar-refractivity contribution is 0.00497. The van der Waals surface area contributed by atoms with Crippen LogP contribution in [-0.2, 0) is 4.74 Å². The number of ether oxygens (including phenoxy) is 1. The molecule has 1 saturated heterocycles. The first-order valence-corrected chi connectivity index (χ1v) is 5.81. The summed E-state index contributed by atoms with van der Waals surface area (Å²) in [5.74, 6) is -0.179. The minimum atomic E-state index is -0.179. The van der Waals surface area contributed by atoms with Gasteiger partial charge in [-0.1, -0.05) is 26.0 Å². The quantitative estimate of drug-likeness (QED) is 0.728. The third-order valence-electron chi connectivity index (χ3n) is 2.63. The molecular formula is C13H20FNO. The van der Waals surface area contributed by atoms with E-state index in [-0.39, 0.29) is 11.9 Å². The number of morpholine rings is 1. The molecule has 0 saturated carbocycles. The average Bonchev–Trinajstić information content (AvgIpc) is 2.32. The second-order valence-corrected chi connectivity index (χ2v) is 3.63. The molecule has 1 aromatic carbocycles. The monoisotopic (exact) mass is 225 g/mol. The van der Waals surface area contributed by atoms with Crippen molar-refractivity contribution in [1.82, 2.24) is 4.90 Å². The van der Waals surface area contributed by atoms with Gasteiger partial charge in [-0.2, -0.15) is 0 Å². The zero-order chi connectivity index (χ0) is 12.0. The van der Waals surface area contributed by atoms with E-state index in [1.54, 1.807) is 12.1 Å². The highest BCUT2D eigenvalue weighted by atomic mass is 19.1. The molecule has 2 nitrogen and oxygen atoms in total. The molecule has 1 atom stereocenters. The minimum absolute atomic E-state index is 0.179. The maximum Gasteiger partial charge on any atom is 0.123 e. The topological polar surface area (TPSA) is 12.5 Å². The molecule has 3 heteroatoms. The smallest absolute Gasteiger partial charge is 0.123 e. The molecule has 1 unspecified atom stereocenters. The largest absolute Gasteiger partial charge is 0.378 e. The van der Waals surface area contributed by atoms with Crippen LogP contribution < -0.4 is 0 Å². The summed E-state index contributed by atoms with van der Waals surface area (Å²) in [6.07, 6.45) is 0. The van der Waals surface area contributed by atoms with Gasteiger partial charge in [0, 0.05) is 6.54 Å². The number of likely N-dealkylation sites (N-methyl/N-ethyl adjacent to an activating group) is 1. The summed E-state index contributed by atoms with van der Waals surface area (Å²) >= 11 is 0. The van der Waals surface area contributed by atoms with Gasteiger partial charge >= 0.3 is 0 Å². The Morgan fingerprint density at radius 3 is 2.75 bits per heavy atom. The maximum absolute atomic E-state index is 13.0. The van der Waals surface area contributed by atoms with Crippen LogP contribution in [0.5, 0.6) is 0 Å². The van der Waals surface area contributed by atoms with Crippen LogP contribution >= 0.6 is 0 Å². The summed E-state index contributed by atoms with van der Waals surface area (Å²) in [7, 11) is 2.04. The van der Waals surface area contributed by atoms with Crippen LogP contribution in [0.4, 0.5) is 4.39 Å². The van der Waals surface area contributed by atoms with Crippen LogP contribution in [0.3, 0.4) is 0 Å². The van der Waals surface area contributed by atoms with E-state index in [0.717, 1.165) is 18.7 Å². The Morgan fingerprint density at radius 1 is 1.38 bits per heavy atom. The lowest BCUT2D eigenvalue weighted by Crippen LogP contribution is -2.36. The molecule has 1 aliphatic rings. The Balaban J connectivity index is 0.000000606. The summed E-state index contributed by atoms with van der Waals surface area (Å²) in [6.45, 7) is 6.32. The van der Waals surface area contributed by atoms with Crippen molar-refractivity contribution < 1.29 is 9.13 Å². The first kappa shape index (κ1) is 13.1. The van der Waals surface area contributed by atoms with E-state index in [1.165, 1.54) is 6.07 Å². The highest BCUT2D eigenvalue weighted by Crippen LogP contribution is 2.22. The van der Waals surface area contributed by atoms with E-state index in [1.807, 2.05) is 27.0 Å². The lowest BCUT2D eigenvalue weighted by Gasteiger charge is -2.32. The van der Waals surface area contributed by atoms with Gasteiger partial charge in [-0.05, 0) is 24.7 Å². The van der Waals surface area contributed by atoms with E-state index >= 15 is 0 Å². The second-order valence-electron chi connectivity index (χ2n) is 3.63. The molecule has 0 aliphatic carbocycles. The third-order valence-corrected chi connectivity index (χ3v) is 2.63. The van der Waals surface area contributed by atoms with Crippen molar-refractivity contribution in [2.45, 2.75) is 19.9 Å². The maximum atomic E-state index is 13.0. The Kier molecular flexibility index (Phi) is 5.43. The van der Waals surface area contributed by atoms with Gasteiger partial charge in [-0.3, -0.25) is 4.90 Å². The van der Waals surface area contributed by atoms with Crippen LogP contribution in [0.2, 0.25) is 0 Å². The summed E-state index contributed by atoms with van der Waals surface area (Å²) in [5.41, 5.74) is 0.993. The Hall–Kier alpha value is -0.930. The Morgan fingerprint density at radius 2 is 2.12 bits per heavy atom. The zero-order valence-electron chi connectivity index (χ0n) is 10.2. The lowest BCUT2D eigenvalue weighted by atomic mass is 10.1. The van der Waals surface area contributed by atoms with Crippen LogP contribution in [0.25, 0.3) is 0 Å². The summed E-state index contributed by atoms with van der Waals surface area (Å²) in [6, 6.07) is 6.93. The Labute approximate surface area is 97.0 Å². The molecule has 90 valence electrons. The van der Waals surface area contributed by atoms with Crippen LogP contribution in [0, 0.1) is 5.82 Å². The van der Waals surface area contributed by atoms with E-state index in [4.69, 9.17) is 4.74 Å². The van der Waals surface area contributed by atoms with Gasteiger partial charge in [0.2, 0.25) is 0 Å². The van der Waals surface area contributed by atoms with Crippen molar-refractivity contribution in [3.8, 4) is 0 Å². The molecule has 16 heavy (non-hydrogen) atoms. The van der Waals surface area contributed by atoms with E-state index < -0.39 is 0 Å². The molecule has 0 radical (unpaired) electrons. The molecule has 1 aliphatic heterocycles.